The van der Waals surface area contributed by atoms with Gasteiger partial charge in [-0.15, -0.1) is 0 Å². The minimum atomic E-state index is -0.143. The van der Waals surface area contributed by atoms with Gasteiger partial charge >= 0.3 is 0 Å². The molecule has 1 atom stereocenters. The van der Waals surface area contributed by atoms with Gasteiger partial charge in [0.05, 0.1) is 17.6 Å². The first-order valence-electron chi connectivity index (χ1n) is 3.85. The van der Waals surface area contributed by atoms with Crippen molar-refractivity contribution >= 4 is 23.0 Å². The highest BCUT2D eigenvalue weighted by atomic mass is 127. The van der Waals surface area contributed by atoms with Crippen LogP contribution in [0.3, 0.4) is 0 Å². The highest BCUT2D eigenvalue weighted by Gasteiger charge is 2.52. The number of rotatable bonds is 3. The molecule has 0 heterocycles. The van der Waals surface area contributed by atoms with Crippen LogP contribution in [0.5, 0.6) is 0 Å². The van der Waals surface area contributed by atoms with E-state index in [-0.39, 0.29) is 11.5 Å². The monoisotopic (exact) mass is 265 g/mol. The Morgan fingerprint density at radius 3 is 2.18 bits per heavy atom. The molecule has 0 aromatic carbocycles. The van der Waals surface area contributed by atoms with Gasteiger partial charge in [0, 0.05) is 0 Å². The third-order valence-corrected chi connectivity index (χ3v) is 2.81. The Bertz CT molecular complexity index is 181. The molecule has 0 radical (unpaired) electrons. The number of hydrogen-bond donors (Lipinski definition) is 0. The maximum atomic E-state index is 8.87. The normalized spacial score (nSPS) is 22.8. The summed E-state index contributed by atoms with van der Waals surface area (Å²) >= 11 is 1.90. The van der Waals surface area contributed by atoms with E-state index < -0.39 is 0 Å². The predicted molar refractivity (Wildman–Crippen MR) is 51.0 cm³/mol. The fraction of sp³-hybridized carbons (Fsp3) is 0.875. The van der Waals surface area contributed by atoms with Crippen molar-refractivity contribution in [2.45, 2.75) is 32.8 Å². The molecule has 0 amide bonds. The molecule has 3 heteroatoms. The summed E-state index contributed by atoms with van der Waals surface area (Å²) in [5, 5.41) is 8.87. The van der Waals surface area contributed by atoms with Gasteiger partial charge in [-0.2, -0.15) is 5.26 Å². The maximum absolute atomic E-state index is 8.87. The summed E-state index contributed by atoms with van der Waals surface area (Å²) in [7, 11) is 0. The molecular weight excluding hydrogens is 253 g/mol. The van der Waals surface area contributed by atoms with E-state index in [1.165, 1.54) is 0 Å². The SMILES string of the molecule is CC(C)C(OI)C1(C#N)CC1. The van der Waals surface area contributed by atoms with Crippen LogP contribution in [0.25, 0.3) is 0 Å². The quantitative estimate of drug-likeness (QED) is 0.735. The largest absolute Gasteiger partial charge is 0.310 e. The first-order valence-corrected chi connectivity index (χ1v) is 4.73. The molecule has 0 spiro atoms. The molecule has 0 aliphatic heterocycles. The molecular formula is C8H12INO. The van der Waals surface area contributed by atoms with Gasteiger partial charge in [0.2, 0.25) is 0 Å². The second-order valence-corrected chi connectivity index (χ2v) is 4.03. The van der Waals surface area contributed by atoms with Crippen LogP contribution in [-0.2, 0) is 3.07 Å². The van der Waals surface area contributed by atoms with E-state index in [2.05, 4.69) is 19.9 Å². The lowest BCUT2D eigenvalue weighted by Crippen LogP contribution is -2.26. The van der Waals surface area contributed by atoms with Crippen LogP contribution in [0.2, 0.25) is 0 Å². The molecule has 0 aromatic rings. The molecule has 62 valence electrons. The third-order valence-electron chi connectivity index (χ3n) is 2.26. The number of halogens is 1. The van der Waals surface area contributed by atoms with Crippen LogP contribution in [0.15, 0.2) is 0 Å². The lowest BCUT2D eigenvalue weighted by Gasteiger charge is -2.21. The highest BCUT2D eigenvalue weighted by molar-refractivity contribution is 14.1. The third kappa shape index (κ3) is 1.67. The fourth-order valence-corrected chi connectivity index (χ4v) is 2.49. The van der Waals surface area contributed by atoms with Gasteiger partial charge in [0.1, 0.15) is 23.0 Å². The van der Waals surface area contributed by atoms with Crippen LogP contribution < -0.4 is 0 Å². The summed E-state index contributed by atoms with van der Waals surface area (Å²) < 4.78 is 5.28. The van der Waals surface area contributed by atoms with E-state index in [0.29, 0.717) is 5.92 Å². The van der Waals surface area contributed by atoms with Crippen LogP contribution in [0.4, 0.5) is 0 Å². The highest BCUT2D eigenvalue weighted by Crippen LogP contribution is 2.51. The molecule has 1 fully saturated rings. The lowest BCUT2D eigenvalue weighted by atomic mass is 9.92. The van der Waals surface area contributed by atoms with E-state index in [9.17, 15) is 0 Å². The van der Waals surface area contributed by atoms with Gasteiger partial charge in [-0.25, -0.2) is 0 Å². The maximum Gasteiger partial charge on any atom is 0.110 e. The van der Waals surface area contributed by atoms with Crippen molar-refractivity contribution in [1.29, 1.82) is 5.26 Å². The molecule has 0 bridgehead atoms. The van der Waals surface area contributed by atoms with E-state index in [0.717, 1.165) is 12.8 Å². The summed E-state index contributed by atoms with van der Waals surface area (Å²) in [6, 6.07) is 2.35. The Hall–Kier alpha value is 0.180. The molecule has 0 N–H and O–H groups in total. The van der Waals surface area contributed by atoms with Crippen molar-refractivity contribution in [3.05, 3.63) is 0 Å². The minimum Gasteiger partial charge on any atom is -0.310 e. The van der Waals surface area contributed by atoms with Crippen molar-refractivity contribution in [3.63, 3.8) is 0 Å². The molecule has 0 saturated heterocycles. The molecule has 1 rings (SSSR count). The van der Waals surface area contributed by atoms with Crippen molar-refractivity contribution in [3.8, 4) is 6.07 Å². The van der Waals surface area contributed by atoms with Gasteiger partial charge in [-0.3, -0.25) is 0 Å². The molecule has 1 aliphatic carbocycles. The average Bonchev–Trinajstić information content (AvgIpc) is 2.70. The van der Waals surface area contributed by atoms with E-state index in [4.69, 9.17) is 8.33 Å². The van der Waals surface area contributed by atoms with E-state index >= 15 is 0 Å². The predicted octanol–water partition coefficient (Wildman–Crippen LogP) is 2.68. The molecule has 1 unspecified atom stereocenters. The molecule has 2 nitrogen and oxygen atoms in total. The topological polar surface area (TPSA) is 33.0 Å². The zero-order valence-electron chi connectivity index (χ0n) is 6.80. The lowest BCUT2D eigenvalue weighted by molar-refractivity contribution is 0.154. The van der Waals surface area contributed by atoms with Crippen molar-refractivity contribution in [2.24, 2.45) is 11.3 Å². The Morgan fingerprint density at radius 2 is 2.09 bits per heavy atom. The van der Waals surface area contributed by atoms with Crippen LogP contribution in [-0.4, -0.2) is 6.10 Å². The minimum absolute atomic E-state index is 0.119. The molecule has 1 saturated carbocycles. The fourth-order valence-electron chi connectivity index (χ4n) is 1.42. The van der Waals surface area contributed by atoms with Gasteiger partial charge in [-0.05, 0) is 18.8 Å². The zero-order chi connectivity index (χ0) is 8.48. The van der Waals surface area contributed by atoms with Crippen LogP contribution in [0, 0.1) is 22.7 Å². The van der Waals surface area contributed by atoms with E-state index in [1.807, 2.05) is 23.0 Å². The Balaban J connectivity index is 2.63. The summed E-state index contributed by atoms with van der Waals surface area (Å²) in [4.78, 5) is 0. The second kappa shape index (κ2) is 3.28. The summed E-state index contributed by atoms with van der Waals surface area (Å²) in [5.74, 6) is 0.439. The van der Waals surface area contributed by atoms with Crippen LogP contribution in [0.1, 0.15) is 26.7 Å². The van der Waals surface area contributed by atoms with Gasteiger partial charge < -0.3 is 3.07 Å². The first-order chi connectivity index (χ1) is 5.16. The van der Waals surface area contributed by atoms with Gasteiger partial charge in [-0.1, -0.05) is 13.8 Å². The Kier molecular flexibility index (Phi) is 2.76. The van der Waals surface area contributed by atoms with E-state index in [1.54, 1.807) is 0 Å². The Morgan fingerprint density at radius 1 is 1.55 bits per heavy atom. The van der Waals surface area contributed by atoms with Crippen LogP contribution >= 0.6 is 23.0 Å². The molecule has 1 aliphatic rings. The van der Waals surface area contributed by atoms with Gasteiger partial charge in [0.15, 0.2) is 0 Å². The number of nitriles is 1. The summed E-state index contributed by atoms with van der Waals surface area (Å²) in [5.41, 5.74) is -0.143. The summed E-state index contributed by atoms with van der Waals surface area (Å²) in [6.07, 6.45) is 2.14. The zero-order valence-corrected chi connectivity index (χ0v) is 8.96. The van der Waals surface area contributed by atoms with Crippen molar-refractivity contribution < 1.29 is 3.07 Å². The number of nitrogens with zero attached hydrogens (tertiary/aromatic N) is 1. The molecule has 11 heavy (non-hydrogen) atoms. The van der Waals surface area contributed by atoms with Crippen molar-refractivity contribution in [2.75, 3.05) is 0 Å². The van der Waals surface area contributed by atoms with Gasteiger partial charge in [0.25, 0.3) is 0 Å². The number of hydrogen-bond acceptors (Lipinski definition) is 2. The average molecular weight is 265 g/mol. The Labute approximate surface area is 81.6 Å². The summed E-state index contributed by atoms with van der Waals surface area (Å²) in [6.45, 7) is 4.20. The first kappa shape index (κ1) is 9.27. The smallest absolute Gasteiger partial charge is 0.110 e. The molecule has 0 aromatic heterocycles. The standard InChI is InChI=1S/C8H12INO/c1-6(2)7(11-9)8(5-10)3-4-8/h6-7H,3-4H2,1-2H3. The second-order valence-electron chi connectivity index (χ2n) is 3.52. The van der Waals surface area contributed by atoms with Crippen molar-refractivity contribution in [1.82, 2.24) is 0 Å².